The lowest BCUT2D eigenvalue weighted by molar-refractivity contribution is -0.143. The second-order valence-electron chi connectivity index (χ2n) is 5.96. The van der Waals surface area contributed by atoms with E-state index >= 15 is 0 Å². The fourth-order valence-electron chi connectivity index (χ4n) is 1.83. The Morgan fingerprint density at radius 1 is 1.33 bits per heavy atom. The van der Waals surface area contributed by atoms with Gasteiger partial charge in [-0.25, -0.2) is 4.98 Å². The molecule has 1 aromatic heterocycles. The van der Waals surface area contributed by atoms with E-state index in [-0.39, 0.29) is 23.2 Å². The third-order valence-electron chi connectivity index (χ3n) is 2.88. The molecule has 3 nitrogen and oxygen atoms in total. The molecule has 0 aliphatic heterocycles. The van der Waals surface area contributed by atoms with Gasteiger partial charge in [0.15, 0.2) is 0 Å². The summed E-state index contributed by atoms with van der Waals surface area (Å²) < 4.78 is 4.92. The van der Waals surface area contributed by atoms with Crippen molar-refractivity contribution in [1.29, 1.82) is 0 Å². The standard InChI is InChI=1S/C14H23NO2S/c1-8(2)10(12(16)17-7)11-9(3)15-13(18-11)14(4,5)6/h8,10H,1-7H3. The van der Waals surface area contributed by atoms with Crippen LogP contribution in [-0.4, -0.2) is 18.1 Å². The van der Waals surface area contributed by atoms with Gasteiger partial charge in [0.25, 0.3) is 0 Å². The summed E-state index contributed by atoms with van der Waals surface area (Å²) in [5.41, 5.74) is 0.972. The van der Waals surface area contributed by atoms with Gasteiger partial charge in [0.05, 0.1) is 23.7 Å². The van der Waals surface area contributed by atoms with Crippen LogP contribution in [0.25, 0.3) is 0 Å². The van der Waals surface area contributed by atoms with E-state index in [1.54, 1.807) is 11.3 Å². The summed E-state index contributed by atoms with van der Waals surface area (Å²) in [7, 11) is 1.44. The summed E-state index contributed by atoms with van der Waals surface area (Å²) in [5, 5.41) is 1.07. The number of methoxy groups -OCH3 is 1. The van der Waals surface area contributed by atoms with Gasteiger partial charge in [-0.05, 0) is 12.8 Å². The van der Waals surface area contributed by atoms with Crippen LogP contribution in [0, 0.1) is 12.8 Å². The first-order chi connectivity index (χ1) is 8.18. The van der Waals surface area contributed by atoms with Crippen LogP contribution < -0.4 is 0 Å². The molecular formula is C14H23NO2S. The Balaban J connectivity index is 3.22. The second-order valence-corrected chi connectivity index (χ2v) is 6.99. The van der Waals surface area contributed by atoms with E-state index in [9.17, 15) is 4.79 Å². The molecule has 1 unspecified atom stereocenters. The average Bonchev–Trinajstić information content (AvgIpc) is 2.60. The zero-order valence-corrected chi connectivity index (χ0v) is 13.1. The number of carbonyl (C=O) groups excluding carboxylic acids is 1. The molecule has 0 radical (unpaired) electrons. The van der Waals surface area contributed by atoms with Gasteiger partial charge in [-0.1, -0.05) is 34.6 Å². The lowest BCUT2D eigenvalue weighted by atomic mass is 9.93. The number of hydrogen-bond donors (Lipinski definition) is 0. The quantitative estimate of drug-likeness (QED) is 0.786. The number of nitrogens with zero attached hydrogens (tertiary/aromatic N) is 1. The highest BCUT2D eigenvalue weighted by Gasteiger charge is 2.31. The summed E-state index contributed by atoms with van der Waals surface area (Å²) >= 11 is 1.63. The lowest BCUT2D eigenvalue weighted by Gasteiger charge is -2.17. The van der Waals surface area contributed by atoms with E-state index in [0.717, 1.165) is 15.6 Å². The minimum absolute atomic E-state index is 0.0192. The van der Waals surface area contributed by atoms with E-state index in [1.807, 2.05) is 20.8 Å². The number of rotatable bonds is 3. The van der Waals surface area contributed by atoms with E-state index in [0.29, 0.717) is 0 Å². The highest BCUT2D eigenvalue weighted by atomic mass is 32.1. The van der Waals surface area contributed by atoms with Crippen LogP contribution >= 0.6 is 11.3 Å². The lowest BCUT2D eigenvalue weighted by Crippen LogP contribution is -2.19. The topological polar surface area (TPSA) is 39.2 Å². The van der Waals surface area contributed by atoms with E-state index < -0.39 is 0 Å². The molecule has 0 aromatic carbocycles. The minimum Gasteiger partial charge on any atom is -0.469 e. The summed E-state index contributed by atoms with van der Waals surface area (Å²) in [6, 6.07) is 0. The first-order valence-corrected chi connectivity index (χ1v) is 7.05. The molecular weight excluding hydrogens is 246 g/mol. The molecule has 1 atom stereocenters. The van der Waals surface area contributed by atoms with Crippen molar-refractivity contribution in [3.05, 3.63) is 15.6 Å². The number of carbonyl (C=O) groups is 1. The Bertz CT molecular complexity index is 429. The van der Waals surface area contributed by atoms with Crippen molar-refractivity contribution in [2.45, 2.75) is 52.9 Å². The third kappa shape index (κ3) is 3.10. The molecule has 0 spiro atoms. The molecule has 1 heterocycles. The maximum Gasteiger partial charge on any atom is 0.314 e. The van der Waals surface area contributed by atoms with Gasteiger partial charge in [0.1, 0.15) is 0 Å². The van der Waals surface area contributed by atoms with E-state index in [2.05, 4.69) is 25.8 Å². The van der Waals surface area contributed by atoms with Gasteiger partial charge < -0.3 is 4.74 Å². The van der Waals surface area contributed by atoms with Crippen LogP contribution in [0.2, 0.25) is 0 Å². The Morgan fingerprint density at radius 3 is 2.22 bits per heavy atom. The highest BCUT2D eigenvalue weighted by Crippen LogP contribution is 2.36. The molecule has 0 bridgehead atoms. The second kappa shape index (κ2) is 5.39. The molecule has 0 saturated heterocycles. The molecule has 0 amide bonds. The molecule has 18 heavy (non-hydrogen) atoms. The SMILES string of the molecule is COC(=O)C(c1sc(C(C)(C)C)nc1C)C(C)C. The Hall–Kier alpha value is -0.900. The van der Waals surface area contributed by atoms with Crippen LogP contribution in [0.1, 0.15) is 56.1 Å². The maximum atomic E-state index is 11.9. The molecule has 0 aliphatic carbocycles. The number of thiazole rings is 1. The molecule has 1 rings (SSSR count). The van der Waals surface area contributed by atoms with Crippen LogP contribution in [0.15, 0.2) is 0 Å². The van der Waals surface area contributed by atoms with Gasteiger partial charge in [-0.15, -0.1) is 11.3 Å². The number of esters is 1. The van der Waals surface area contributed by atoms with Gasteiger partial charge in [0.2, 0.25) is 0 Å². The number of ether oxygens (including phenoxy) is 1. The van der Waals surface area contributed by atoms with Crippen LogP contribution in [0.3, 0.4) is 0 Å². The first-order valence-electron chi connectivity index (χ1n) is 6.24. The predicted octanol–water partition coefficient (Wildman–Crippen LogP) is 3.66. The maximum absolute atomic E-state index is 11.9. The van der Waals surface area contributed by atoms with Crippen molar-refractivity contribution in [3.63, 3.8) is 0 Å². The van der Waals surface area contributed by atoms with Crippen molar-refractivity contribution in [2.75, 3.05) is 7.11 Å². The van der Waals surface area contributed by atoms with Crippen LogP contribution in [-0.2, 0) is 14.9 Å². The van der Waals surface area contributed by atoms with Crippen molar-refractivity contribution in [1.82, 2.24) is 4.98 Å². The van der Waals surface area contributed by atoms with Gasteiger partial charge in [0, 0.05) is 10.3 Å². The fourth-order valence-corrected chi connectivity index (χ4v) is 3.21. The molecule has 102 valence electrons. The molecule has 0 saturated carbocycles. The number of aromatic nitrogens is 1. The Kier molecular flexibility index (Phi) is 4.54. The third-order valence-corrected chi connectivity index (χ3v) is 4.54. The molecule has 1 aromatic rings. The normalized spacial score (nSPS) is 13.8. The summed E-state index contributed by atoms with van der Waals surface area (Å²) in [4.78, 5) is 17.6. The van der Waals surface area contributed by atoms with Gasteiger partial charge >= 0.3 is 5.97 Å². The zero-order chi connectivity index (χ0) is 14.1. The summed E-state index contributed by atoms with van der Waals surface area (Å²) in [5.74, 6) is -0.162. The van der Waals surface area contributed by atoms with Crippen molar-refractivity contribution in [2.24, 2.45) is 5.92 Å². The highest BCUT2D eigenvalue weighted by molar-refractivity contribution is 7.12. The largest absolute Gasteiger partial charge is 0.469 e. The van der Waals surface area contributed by atoms with Gasteiger partial charge in [-0.3, -0.25) is 4.79 Å². The monoisotopic (exact) mass is 269 g/mol. The molecule has 0 fully saturated rings. The molecule has 0 aliphatic rings. The fraction of sp³-hybridized carbons (Fsp3) is 0.714. The zero-order valence-electron chi connectivity index (χ0n) is 12.3. The van der Waals surface area contributed by atoms with Crippen molar-refractivity contribution < 1.29 is 9.53 Å². The Labute approximate surface area is 114 Å². The first kappa shape index (κ1) is 15.2. The minimum atomic E-state index is -0.205. The molecule has 0 N–H and O–H groups in total. The Morgan fingerprint density at radius 2 is 1.89 bits per heavy atom. The van der Waals surface area contributed by atoms with Crippen molar-refractivity contribution >= 4 is 17.3 Å². The molecule has 4 heteroatoms. The van der Waals surface area contributed by atoms with E-state index in [1.165, 1.54) is 7.11 Å². The smallest absolute Gasteiger partial charge is 0.314 e. The van der Waals surface area contributed by atoms with Crippen LogP contribution in [0.5, 0.6) is 0 Å². The van der Waals surface area contributed by atoms with Gasteiger partial charge in [-0.2, -0.15) is 0 Å². The van der Waals surface area contributed by atoms with E-state index in [4.69, 9.17) is 4.74 Å². The average molecular weight is 269 g/mol. The van der Waals surface area contributed by atoms with Crippen molar-refractivity contribution in [3.8, 4) is 0 Å². The summed E-state index contributed by atoms with van der Waals surface area (Å²) in [6.45, 7) is 12.5. The number of aryl methyl sites for hydroxylation is 1. The van der Waals surface area contributed by atoms with Crippen LogP contribution in [0.4, 0.5) is 0 Å². The summed E-state index contributed by atoms with van der Waals surface area (Å²) in [6.07, 6.45) is 0. The predicted molar refractivity (Wildman–Crippen MR) is 75.1 cm³/mol. The number of hydrogen-bond acceptors (Lipinski definition) is 4.